The Morgan fingerprint density at radius 3 is 2.42 bits per heavy atom. The SMILES string of the molecule is COc1ccc(N(CC(=O)Nc2ccccc2C(F)(F)F)S(=O)(=O)c2cccc3cnccc23)cc1. The van der Waals surface area contributed by atoms with E-state index in [1.165, 1.54) is 68.0 Å². The molecule has 4 rings (SSSR count). The van der Waals surface area contributed by atoms with Gasteiger partial charge in [-0.15, -0.1) is 0 Å². The molecule has 36 heavy (non-hydrogen) atoms. The van der Waals surface area contributed by atoms with E-state index in [2.05, 4.69) is 10.3 Å². The minimum absolute atomic E-state index is 0.0818. The number of aromatic nitrogens is 1. The van der Waals surface area contributed by atoms with Crippen molar-refractivity contribution in [1.82, 2.24) is 4.98 Å². The molecule has 0 bridgehead atoms. The van der Waals surface area contributed by atoms with Crippen LogP contribution in [0.15, 0.2) is 90.1 Å². The van der Waals surface area contributed by atoms with E-state index in [9.17, 15) is 26.4 Å². The predicted octanol–water partition coefficient (Wildman–Crippen LogP) is 5.10. The van der Waals surface area contributed by atoms with Gasteiger partial charge < -0.3 is 10.1 Å². The normalized spacial score (nSPS) is 11.8. The van der Waals surface area contributed by atoms with Crippen molar-refractivity contribution in [3.63, 3.8) is 0 Å². The van der Waals surface area contributed by atoms with Gasteiger partial charge in [0.15, 0.2) is 0 Å². The van der Waals surface area contributed by atoms with E-state index in [4.69, 9.17) is 4.74 Å². The Balaban J connectivity index is 1.75. The summed E-state index contributed by atoms with van der Waals surface area (Å²) in [6.07, 6.45) is -1.75. The van der Waals surface area contributed by atoms with Crippen molar-refractivity contribution in [3.05, 3.63) is 90.8 Å². The van der Waals surface area contributed by atoms with Gasteiger partial charge in [-0.05, 0) is 48.5 Å². The largest absolute Gasteiger partial charge is 0.497 e. The molecule has 0 aliphatic heterocycles. The summed E-state index contributed by atoms with van der Waals surface area (Å²) in [6, 6.07) is 16.6. The molecule has 1 heterocycles. The highest BCUT2D eigenvalue weighted by molar-refractivity contribution is 7.93. The van der Waals surface area contributed by atoms with Crippen LogP contribution in [0.5, 0.6) is 5.75 Å². The smallest absolute Gasteiger partial charge is 0.418 e. The van der Waals surface area contributed by atoms with Crippen LogP contribution in [0.4, 0.5) is 24.5 Å². The van der Waals surface area contributed by atoms with Crippen molar-refractivity contribution < 1.29 is 31.1 Å². The van der Waals surface area contributed by atoms with Gasteiger partial charge in [0.25, 0.3) is 10.0 Å². The molecule has 0 aliphatic carbocycles. The van der Waals surface area contributed by atoms with E-state index < -0.39 is 39.9 Å². The monoisotopic (exact) mass is 515 g/mol. The standard InChI is InChI=1S/C25H20F3N3O4S/c1-35-19-11-9-18(10-12-19)31(16-24(32)30-22-7-3-2-6-21(22)25(26,27)28)36(33,34)23-8-4-5-17-15-29-14-13-20(17)23/h2-15H,16H2,1H3,(H,30,32). The third-order valence-electron chi connectivity index (χ3n) is 5.36. The molecule has 0 fully saturated rings. The molecule has 1 N–H and O–H groups in total. The van der Waals surface area contributed by atoms with Crippen LogP contribution >= 0.6 is 0 Å². The number of amides is 1. The van der Waals surface area contributed by atoms with Gasteiger partial charge in [-0.3, -0.25) is 14.1 Å². The molecule has 1 amide bonds. The summed E-state index contributed by atoms with van der Waals surface area (Å²) in [5, 5.41) is 3.15. The molecule has 186 valence electrons. The first kappa shape index (κ1) is 25.0. The fourth-order valence-corrected chi connectivity index (χ4v) is 5.30. The second kappa shape index (κ2) is 9.86. The Bertz CT molecular complexity index is 1500. The predicted molar refractivity (Wildman–Crippen MR) is 129 cm³/mol. The Morgan fingerprint density at radius 1 is 1.00 bits per heavy atom. The molecule has 0 unspecified atom stereocenters. The van der Waals surface area contributed by atoms with Crippen LogP contribution in [-0.2, 0) is 21.0 Å². The molecule has 1 aromatic heterocycles. The van der Waals surface area contributed by atoms with Crippen LogP contribution in [0.1, 0.15) is 5.56 Å². The number of alkyl halides is 3. The maximum Gasteiger partial charge on any atom is 0.418 e. The Morgan fingerprint density at radius 2 is 1.72 bits per heavy atom. The lowest BCUT2D eigenvalue weighted by atomic mass is 10.1. The van der Waals surface area contributed by atoms with Crippen molar-refractivity contribution in [2.75, 3.05) is 23.3 Å². The minimum atomic E-state index is -4.71. The maximum absolute atomic E-state index is 13.8. The average Bonchev–Trinajstić information content (AvgIpc) is 2.86. The fraction of sp³-hybridized carbons (Fsp3) is 0.120. The number of hydrogen-bond acceptors (Lipinski definition) is 5. The number of carbonyl (C=O) groups excluding carboxylic acids is 1. The second-order valence-corrected chi connectivity index (χ2v) is 9.48. The first-order valence-corrected chi connectivity index (χ1v) is 12.0. The molecular weight excluding hydrogens is 495 g/mol. The number of hydrogen-bond donors (Lipinski definition) is 1. The number of benzene rings is 3. The van der Waals surface area contributed by atoms with Crippen LogP contribution in [0.25, 0.3) is 10.8 Å². The summed E-state index contributed by atoms with van der Waals surface area (Å²) in [5.41, 5.74) is -1.39. The van der Waals surface area contributed by atoms with Crippen molar-refractivity contribution >= 4 is 38.1 Å². The van der Waals surface area contributed by atoms with E-state index in [1.807, 2.05) is 0 Å². The topological polar surface area (TPSA) is 88.6 Å². The highest BCUT2D eigenvalue weighted by atomic mass is 32.2. The molecular formula is C25H20F3N3O4S. The summed E-state index contributed by atoms with van der Waals surface area (Å²) >= 11 is 0. The molecule has 11 heteroatoms. The Labute approximate surface area is 205 Å². The number of sulfonamides is 1. The van der Waals surface area contributed by atoms with Gasteiger partial charge >= 0.3 is 6.18 Å². The number of anilines is 2. The number of fused-ring (bicyclic) bond motifs is 1. The number of rotatable bonds is 7. The highest BCUT2D eigenvalue weighted by Crippen LogP contribution is 2.35. The first-order chi connectivity index (χ1) is 17.1. The van der Waals surface area contributed by atoms with Crippen molar-refractivity contribution in [2.24, 2.45) is 0 Å². The fourth-order valence-electron chi connectivity index (χ4n) is 3.66. The zero-order valence-electron chi connectivity index (χ0n) is 18.9. The lowest BCUT2D eigenvalue weighted by Gasteiger charge is -2.25. The van der Waals surface area contributed by atoms with Gasteiger partial charge in [0.1, 0.15) is 12.3 Å². The van der Waals surface area contributed by atoms with Crippen LogP contribution < -0.4 is 14.4 Å². The number of halogens is 3. The summed E-state index contributed by atoms with van der Waals surface area (Å²) in [6.45, 7) is -0.775. The number of nitrogens with zero attached hydrogens (tertiary/aromatic N) is 2. The minimum Gasteiger partial charge on any atom is -0.497 e. The van der Waals surface area contributed by atoms with Crippen LogP contribution in [-0.4, -0.2) is 33.0 Å². The highest BCUT2D eigenvalue weighted by Gasteiger charge is 2.34. The third kappa shape index (κ3) is 5.10. The molecule has 3 aromatic carbocycles. The lowest BCUT2D eigenvalue weighted by molar-refractivity contribution is -0.137. The van der Waals surface area contributed by atoms with Gasteiger partial charge in [-0.25, -0.2) is 8.42 Å². The lowest BCUT2D eigenvalue weighted by Crippen LogP contribution is -2.38. The molecule has 0 atom stereocenters. The maximum atomic E-state index is 13.8. The molecule has 0 saturated carbocycles. The Kier molecular flexibility index (Phi) is 6.84. The van der Waals surface area contributed by atoms with Gasteiger partial charge in [0.2, 0.25) is 5.91 Å². The van der Waals surface area contributed by atoms with E-state index in [1.54, 1.807) is 12.1 Å². The van der Waals surface area contributed by atoms with Crippen LogP contribution in [0.3, 0.4) is 0 Å². The van der Waals surface area contributed by atoms with Crippen molar-refractivity contribution in [1.29, 1.82) is 0 Å². The van der Waals surface area contributed by atoms with Crippen molar-refractivity contribution in [2.45, 2.75) is 11.1 Å². The third-order valence-corrected chi connectivity index (χ3v) is 7.19. The molecule has 0 radical (unpaired) electrons. The zero-order chi connectivity index (χ0) is 25.9. The summed E-state index contributed by atoms with van der Waals surface area (Å²) in [4.78, 5) is 16.8. The molecule has 0 saturated heterocycles. The number of ether oxygens (including phenoxy) is 1. The number of carbonyl (C=O) groups is 1. The second-order valence-electron chi connectivity index (χ2n) is 7.65. The van der Waals surface area contributed by atoms with Gasteiger partial charge in [0, 0.05) is 23.2 Å². The zero-order valence-corrected chi connectivity index (χ0v) is 19.7. The van der Waals surface area contributed by atoms with Crippen molar-refractivity contribution in [3.8, 4) is 5.75 Å². The molecule has 0 spiro atoms. The summed E-state index contributed by atoms with van der Waals surface area (Å²) in [5.74, 6) is -0.496. The van der Waals surface area contributed by atoms with Crippen LogP contribution in [0, 0.1) is 0 Å². The van der Waals surface area contributed by atoms with E-state index in [0.717, 1.165) is 16.4 Å². The van der Waals surface area contributed by atoms with E-state index >= 15 is 0 Å². The van der Waals surface area contributed by atoms with Gasteiger partial charge in [-0.2, -0.15) is 13.2 Å². The number of nitrogens with one attached hydrogen (secondary N) is 1. The quantitative estimate of drug-likeness (QED) is 0.370. The van der Waals surface area contributed by atoms with E-state index in [-0.39, 0.29) is 10.6 Å². The van der Waals surface area contributed by atoms with E-state index in [0.29, 0.717) is 16.5 Å². The first-order valence-electron chi connectivity index (χ1n) is 10.6. The Hall–Kier alpha value is -4.12. The molecule has 7 nitrogen and oxygen atoms in total. The van der Waals surface area contributed by atoms with Gasteiger partial charge in [-0.1, -0.05) is 24.3 Å². The molecule has 4 aromatic rings. The molecule has 0 aliphatic rings. The van der Waals surface area contributed by atoms with Crippen LogP contribution in [0.2, 0.25) is 0 Å². The number of pyridine rings is 1. The van der Waals surface area contributed by atoms with Gasteiger partial charge in [0.05, 0.1) is 28.9 Å². The number of methoxy groups -OCH3 is 1. The average molecular weight is 516 g/mol. The summed E-state index contributed by atoms with van der Waals surface area (Å²) < 4.78 is 73.8. The number of para-hydroxylation sites is 1. The summed E-state index contributed by atoms with van der Waals surface area (Å²) in [7, 11) is -2.90.